The zero-order valence-electron chi connectivity index (χ0n) is 19.5. The van der Waals surface area contributed by atoms with E-state index in [2.05, 4.69) is 39.1 Å². The van der Waals surface area contributed by atoms with Gasteiger partial charge in [0.2, 0.25) is 5.91 Å². The summed E-state index contributed by atoms with van der Waals surface area (Å²) in [6.07, 6.45) is 11.6. The van der Waals surface area contributed by atoms with Gasteiger partial charge in [-0.3, -0.25) is 4.79 Å². The summed E-state index contributed by atoms with van der Waals surface area (Å²) in [7, 11) is 0. The molecule has 2 heterocycles. The predicted octanol–water partition coefficient (Wildman–Crippen LogP) is 6.38. The first-order valence-corrected chi connectivity index (χ1v) is 13.0. The van der Waals surface area contributed by atoms with Crippen LogP contribution in [0, 0.1) is 18.8 Å². The van der Waals surface area contributed by atoms with Crippen LogP contribution in [0.15, 0.2) is 36.4 Å². The summed E-state index contributed by atoms with van der Waals surface area (Å²) >= 11 is 6.46. The van der Waals surface area contributed by atoms with Gasteiger partial charge < -0.3 is 16.0 Å². The second-order valence-corrected chi connectivity index (χ2v) is 10.5. The number of carbonyl (C=O) groups excluding carboxylic acids is 1. The van der Waals surface area contributed by atoms with Crippen molar-refractivity contribution in [3.63, 3.8) is 0 Å². The average Bonchev–Trinajstić information content (AvgIpc) is 3.20. The second kappa shape index (κ2) is 9.54. The molecule has 33 heavy (non-hydrogen) atoms. The Morgan fingerprint density at radius 1 is 1.00 bits per heavy atom. The lowest BCUT2D eigenvalue weighted by Gasteiger charge is -2.44. The normalized spacial score (nSPS) is 21.5. The van der Waals surface area contributed by atoms with E-state index in [1.807, 2.05) is 25.1 Å². The fraction of sp³-hybridized carbons (Fsp3) is 0.556. The van der Waals surface area contributed by atoms with Crippen LogP contribution >= 0.6 is 11.6 Å². The van der Waals surface area contributed by atoms with Crippen LogP contribution in [0.5, 0.6) is 0 Å². The first-order valence-electron chi connectivity index (χ1n) is 12.7. The van der Waals surface area contributed by atoms with Gasteiger partial charge in [0.15, 0.2) is 0 Å². The molecule has 5 rings (SSSR count). The molecule has 0 saturated heterocycles. The summed E-state index contributed by atoms with van der Waals surface area (Å²) in [5, 5.41) is 11.5. The Hall–Kier alpha value is -2.27. The van der Waals surface area contributed by atoms with Crippen molar-refractivity contribution in [2.24, 2.45) is 11.8 Å². The number of aryl methyl sites for hydroxylation is 1. The second-order valence-electron chi connectivity index (χ2n) is 10.1. The van der Waals surface area contributed by atoms with Crippen LogP contribution in [0.1, 0.15) is 75.5 Å². The molecule has 1 unspecified atom stereocenters. The van der Waals surface area contributed by atoms with Crippen molar-refractivity contribution in [2.75, 3.05) is 10.6 Å². The van der Waals surface area contributed by atoms with Crippen LogP contribution in [0.25, 0.3) is 0 Å². The maximum Gasteiger partial charge on any atom is 0.228 e. The first kappa shape index (κ1) is 22.5. The van der Waals surface area contributed by atoms with E-state index in [0.717, 1.165) is 48.3 Å². The highest BCUT2D eigenvalue weighted by Crippen LogP contribution is 2.49. The SMILES string of the molecule is Cc1cc(C2(C(C(=O)NC3CCCCC3)C3CCCCC3)Nc3ccccc3N2)cc(Cl)n1. The number of halogens is 1. The van der Waals surface area contributed by atoms with Crippen molar-refractivity contribution < 1.29 is 4.79 Å². The third kappa shape index (κ3) is 4.57. The Morgan fingerprint density at radius 3 is 2.21 bits per heavy atom. The molecule has 0 radical (unpaired) electrons. The third-order valence-electron chi connectivity index (χ3n) is 7.79. The zero-order chi connectivity index (χ0) is 22.8. The number of carbonyl (C=O) groups is 1. The minimum Gasteiger partial charge on any atom is -0.357 e. The van der Waals surface area contributed by atoms with Gasteiger partial charge in [0, 0.05) is 17.3 Å². The van der Waals surface area contributed by atoms with Gasteiger partial charge in [0.05, 0.1) is 17.3 Å². The molecular weight excluding hydrogens is 432 g/mol. The van der Waals surface area contributed by atoms with Gasteiger partial charge >= 0.3 is 0 Å². The topological polar surface area (TPSA) is 66.1 Å². The van der Waals surface area contributed by atoms with Crippen molar-refractivity contribution in [1.29, 1.82) is 0 Å². The summed E-state index contributed by atoms with van der Waals surface area (Å²) in [6.45, 7) is 1.96. The average molecular weight is 467 g/mol. The lowest BCUT2D eigenvalue weighted by atomic mass is 9.71. The van der Waals surface area contributed by atoms with E-state index in [-0.39, 0.29) is 17.9 Å². The molecule has 2 saturated carbocycles. The molecule has 1 atom stereocenters. The fourth-order valence-corrected chi connectivity index (χ4v) is 6.51. The van der Waals surface area contributed by atoms with Gasteiger partial charge in [0.25, 0.3) is 0 Å². The van der Waals surface area contributed by atoms with Gasteiger partial charge in [-0.2, -0.15) is 0 Å². The number of para-hydroxylation sites is 2. The molecular formula is C27H35ClN4O. The van der Waals surface area contributed by atoms with E-state index in [1.165, 1.54) is 38.5 Å². The molecule has 2 aliphatic carbocycles. The van der Waals surface area contributed by atoms with Crippen LogP contribution < -0.4 is 16.0 Å². The van der Waals surface area contributed by atoms with Crippen LogP contribution in [0.3, 0.4) is 0 Å². The molecule has 0 bridgehead atoms. The van der Waals surface area contributed by atoms with Gasteiger partial charge in [0.1, 0.15) is 10.8 Å². The highest BCUT2D eigenvalue weighted by Gasteiger charge is 2.52. The molecule has 1 aliphatic heterocycles. The number of benzene rings is 1. The number of rotatable bonds is 5. The van der Waals surface area contributed by atoms with E-state index in [4.69, 9.17) is 11.6 Å². The summed E-state index contributed by atoms with van der Waals surface area (Å²) in [4.78, 5) is 18.6. The van der Waals surface area contributed by atoms with Crippen molar-refractivity contribution in [2.45, 2.75) is 82.8 Å². The molecule has 6 heteroatoms. The molecule has 1 aromatic heterocycles. The van der Waals surface area contributed by atoms with Gasteiger partial charge in [-0.1, -0.05) is 62.3 Å². The van der Waals surface area contributed by atoms with Crippen molar-refractivity contribution >= 4 is 28.9 Å². The molecule has 3 aliphatic rings. The van der Waals surface area contributed by atoms with E-state index >= 15 is 0 Å². The van der Waals surface area contributed by atoms with E-state index < -0.39 is 5.66 Å². The Kier molecular flexibility index (Phi) is 6.51. The maximum absolute atomic E-state index is 14.2. The van der Waals surface area contributed by atoms with Gasteiger partial charge in [-0.25, -0.2) is 4.98 Å². The third-order valence-corrected chi connectivity index (χ3v) is 7.98. The van der Waals surface area contributed by atoms with Crippen LogP contribution in [-0.2, 0) is 10.5 Å². The van der Waals surface area contributed by atoms with Crippen LogP contribution in [0.2, 0.25) is 5.15 Å². The van der Waals surface area contributed by atoms with Crippen LogP contribution in [0.4, 0.5) is 11.4 Å². The number of hydrogen-bond donors (Lipinski definition) is 3. The lowest BCUT2D eigenvalue weighted by Crippen LogP contribution is -2.57. The number of aromatic nitrogens is 1. The Balaban J connectivity index is 1.59. The zero-order valence-corrected chi connectivity index (χ0v) is 20.3. The number of hydrogen-bond acceptors (Lipinski definition) is 4. The number of anilines is 2. The number of nitrogens with one attached hydrogen (secondary N) is 3. The predicted molar refractivity (Wildman–Crippen MR) is 134 cm³/mol. The molecule has 0 spiro atoms. The molecule has 5 nitrogen and oxygen atoms in total. The molecule has 2 aromatic rings. The largest absolute Gasteiger partial charge is 0.357 e. The Morgan fingerprint density at radius 2 is 1.61 bits per heavy atom. The standard InChI is InChI=1S/C27H35ClN4O/c1-18-16-20(17-24(28)29-18)27(31-22-14-8-9-15-23(22)32-27)25(19-10-4-2-5-11-19)26(33)30-21-12-6-3-7-13-21/h8-9,14-17,19,21,25,31-32H,2-7,10-13H2,1H3,(H,30,33). The van der Waals surface area contributed by atoms with Crippen molar-refractivity contribution in [1.82, 2.24) is 10.3 Å². The minimum atomic E-state index is -0.762. The first-order chi connectivity index (χ1) is 16.0. The van der Waals surface area contributed by atoms with Crippen LogP contribution in [-0.4, -0.2) is 16.9 Å². The van der Waals surface area contributed by atoms with Crippen molar-refractivity contribution in [3.8, 4) is 0 Å². The maximum atomic E-state index is 14.2. The Bertz CT molecular complexity index is 952. The molecule has 3 N–H and O–H groups in total. The minimum absolute atomic E-state index is 0.159. The monoisotopic (exact) mass is 466 g/mol. The van der Waals surface area contributed by atoms with E-state index in [9.17, 15) is 4.79 Å². The molecule has 2 fully saturated rings. The summed E-state index contributed by atoms with van der Waals surface area (Å²) in [5.74, 6) is 0.195. The molecule has 1 amide bonds. The summed E-state index contributed by atoms with van der Waals surface area (Å²) in [5.41, 5.74) is 3.11. The fourth-order valence-electron chi connectivity index (χ4n) is 6.26. The Labute approximate surface area is 202 Å². The van der Waals surface area contributed by atoms with Gasteiger partial charge in [-0.15, -0.1) is 0 Å². The number of pyridine rings is 1. The highest BCUT2D eigenvalue weighted by molar-refractivity contribution is 6.29. The molecule has 1 aromatic carbocycles. The summed E-state index contributed by atoms with van der Waals surface area (Å²) in [6, 6.07) is 12.5. The van der Waals surface area contributed by atoms with E-state index in [1.54, 1.807) is 0 Å². The number of fused-ring (bicyclic) bond motifs is 1. The summed E-state index contributed by atoms with van der Waals surface area (Å²) < 4.78 is 0. The lowest BCUT2D eigenvalue weighted by molar-refractivity contribution is -0.130. The smallest absolute Gasteiger partial charge is 0.228 e. The highest BCUT2D eigenvalue weighted by atomic mass is 35.5. The van der Waals surface area contributed by atoms with Gasteiger partial charge in [-0.05, 0) is 62.8 Å². The number of amides is 1. The molecule has 176 valence electrons. The number of nitrogens with zero attached hydrogens (tertiary/aromatic N) is 1. The quantitative estimate of drug-likeness (QED) is 0.447. The van der Waals surface area contributed by atoms with Crippen molar-refractivity contribution in [3.05, 3.63) is 52.8 Å². The van der Waals surface area contributed by atoms with E-state index in [0.29, 0.717) is 11.1 Å².